The Bertz CT molecular complexity index is 318. The Balaban J connectivity index is 2.74. The first-order chi connectivity index (χ1) is 6.11. The Morgan fingerprint density at radius 2 is 2.23 bits per heavy atom. The van der Waals surface area contributed by atoms with Gasteiger partial charge in [-0.25, -0.2) is 9.97 Å². The summed E-state index contributed by atoms with van der Waals surface area (Å²) in [6.07, 6.45) is 2.94. The number of anilines is 1. The average Bonchev–Trinajstić information content (AvgIpc) is 2.08. The van der Waals surface area contributed by atoms with Crippen molar-refractivity contribution in [2.75, 3.05) is 5.73 Å². The molecule has 3 N–H and O–H groups in total. The molecule has 0 aliphatic rings. The van der Waals surface area contributed by atoms with Crippen LogP contribution in [0.5, 0.6) is 0 Å². The van der Waals surface area contributed by atoms with Crippen molar-refractivity contribution in [3.05, 3.63) is 12.4 Å². The van der Waals surface area contributed by atoms with Crippen molar-refractivity contribution >= 4 is 23.5 Å². The maximum atomic E-state index is 10.5. The molecule has 0 spiro atoms. The number of nitrogens with two attached hydrogens (primary N) is 1. The lowest BCUT2D eigenvalue weighted by Gasteiger charge is -2.05. The maximum absolute atomic E-state index is 10.5. The molecule has 1 unspecified atom stereocenters. The lowest BCUT2D eigenvalue weighted by Crippen LogP contribution is -2.12. The molecule has 1 atom stereocenters. The molecular weight excluding hydrogens is 190 g/mol. The van der Waals surface area contributed by atoms with E-state index in [0.717, 1.165) is 11.8 Å². The average molecular weight is 199 g/mol. The van der Waals surface area contributed by atoms with Gasteiger partial charge in [0.25, 0.3) is 0 Å². The summed E-state index contributed by atoms with van der Waals surface area (Å²) in [7, 11) is 0. The topological polar surface area (TPSA) is 89.1 Å². The summed E-state index contributed by atoms with van der Waals surface area (Å²) in [6.45, 7) is 1.57. The van der Waals surface area contributed by atoms with Crippen molar-refractivity contribution in [3.63, 3.8) is 0 Å². The summed E-state index contributed by atoms with van der Waals surface area (Å²) in [5.74, 6) is -0.629. The van der Waals surface area contributed by atoms with Gasteiger partial charge in [-0.3, -0.25) is 4.79 Å². The van der Waals surface area contributed by atoms with Crippen LogP contribution in [0.15, 0.2) is 17.4 Å². The number of hydrogen-bond donors (Lipinski definition) is 2. The SMILES string of the molecule is CC(Sc1nccnc1N)C(=O)O. The van der Waals surface area contributed by atoms with Gasteiger partial charge in [-0.05, 0) is 6.92 Å². The molecule has 13 heavy (non-hydrogen) atoms. The third-order valence-corrected chi connectivity index (χ3v) is 2.42. The molecule has 0 aromatic carbocycles. The number of carboxylic acid groups (broad SMARTS) is 1. The fraction of sp³-hybridized carbons (Fsp3) is 0.286. The van der Waals surface area contributed by atoms with Gasteiger partial charge in [0.15, 0.2) is 5.82 Å². The number of nitrogens with zero attached hydrogens (tertiary/aromatic N) is 2. The number of carboxylic acids is 1. The van der Waals surface area contributed by atoms with Crippen LogP contribution in [0.3, 0.4) is 0 Å². The molecule has 0 saturated heterocycles. The van der Waals surface area contributed by atoms with Crippen LogP contribution >= 0.6 is 11.8 Å². The van der Waals surface area contributed by atoms with Gasteiger partial charge < -0.3 is 10.8 Å². The van der Waals surface area contributed by atoms with Crippen molar-refractivity contribution in [1.82, 2.24) is 9.97 Å². The van der Waals surface area contributed by atoms with Gasteiger partial charge in [0.05, 0.1) is 0 Å². The number of carbonyl (C=O) groups is 1. The molecule has 6 heteroatoms. The summed E-state index contributed by atoms with van der Waals surface area (Å²) in [6, 6.07) is 0. The molecule has 70 valence electrons. The first-order valence-electron chi connectivity index (χ1n) is 3.57. The van der Waals surface area contributed by atoms with Crippen LogP contribution < -0.4 is 5.73 Å². The second kappa shape index (κ2) is 4.08. The van der Waals surface area contributed by atoms with Crippen LogP contribution in [-0.4, -0.2) is 26.3 Å². The van der Waals surface area contributed by atoms with Crippen molar-refractivity contribution < 1.29 is 9.90 Å². The van der Waals surface area contributed by atoms with Crippen molar-refractivity contribution in [3.8, 4) is 0 Å². The molecule has 0 aliphatic carbocycles. The number of nitrogen functional groups attached to an aromatic ring is 1. The van der Waals surface area contributed by atoms with E-state index in [0.29, 0.717) is 5.03 Å². The predicted molar refractivity (Wildman–Crippen MR) is 49.4 cm³/mol. The monoisotopic (exact) mass is 199 g/mol. The van der Waals surface area contributed by atoms with Crippen LogP contribution in [0.4, 0.5) is 5.82 Å². The smallest absolute Gasteiger partial charge is 0.316 e. The number of thioether (sulfide) groups is 1. The minimum atomic E-state index is -0.893. The molecular formula is C7H9N3O2S. The molecule has 5 nitrogen and oxygen atoms in total. The van der Waals surface area contributed by atoms with Gasteiger partial charge in [0.2, 0.25) is 0 Å². The highest BCUT2D eigenvalue weighted by Crippen LogP contribution is 2.24. The molecule has 0 radical (unpaired) electrons. The minimum Gasteiger partial charge on any atom is -0.480 e. The highest BCUT2D eigenvalue weighted by Gasteiger charge is 2.14. The Hall–Kier alpha value is -1.30. The highest BCUT2D eigenvalue weighted by atomic mass is 32.2. The summed E-state index contributed by atoms with van der Waals surface area (Å²) in [5, 5.41) is 8.51. The number of aromatic nitrogens is 2. The van der Waals surface area contributed by atoms with Gasteiger partial charge in [-0.15, -0.1) is 0 Å². The summed E-state index contributed by atoms with van der Waals surface area (Å²) in [5.41, 5.74) is 5.48. The van der Waals surface area contributed by atoms with E-state index in [1.165, 1.54) is 12.4 Å². The summed E-state index contributed by atoms with van der Waals surface area (Å²) < 4.78 is 0. The number of hydrogen-bond acceptors (Lipinski definition) is 5. The highest BCUT2D eigenvalue weighted by molar-refractivity contribution is 8.00. The van der Waals surface area contributed by atoms with E-state index < -0.39 is 11.2 Å². The normalized spacial score (nSPS) is 12.4. The molecule has 1 aromatic heterocycles. The van der Waals surface area contributed by atoms with Crippen molar-refractivity contribution in [1.29, 1.82) is 0 Å². The second-order valence-electron chi connectivity index (χ2n) is 2.35. The Morgan fingerprint density at radius 1 is 1.62 bits per heavy atom. The first kappa shape index (κ1) is 9.79. The van der Waals surface area contributed by atoms with Crippen molar-refractivity contribution in [2.45, 2.75) is 17.2 Å². The molecule has 0 bridgehead atoms. The van der Waals surface area contributed by atoms with E-state index in [2.05, 4.69) is 9.97 Å². The van der Waals surface area contributed by atoms with Crippen LogP contribution in [0.1, 0.15) is 6.92 Å². The van der Waals surface area contributed by atoms with Crippen LogP contribution in [0, 0.1) is 0 Å². The lowest BCUT2D eigenvalue weighted by molar-refractivity contribution is -0.136. The minimum absolute atomic E-state index is 0.264. The fourth-order valence-corrected chi connectivity index (χ4v) is 1.38. The lowest BCUT2D eigenvalue weighted by atomic mass is 10.5. The zero-order chi connectivity index (χ0) is 9.84. The fourth-order valence-electron chi connectivity index (χ4n) is 0.645. The quantitative estimate of drug-likeness (QED) is 0.694. The van der Waals surface area contributed by atoms with Crippen LogP contribution in [0.25, 0.3) is 0 Å². The van der Waals surface area contributed by atoms with Crippen LogP contribution in [-0.2, 0) is 4.79 Å². The summed E-state index contributed by atoms with van der Waals surface area (Å²) >= 11 is 1.08. The molecule has 1 aromatic rings. The standard InChI is InChI=1S/C7H9N3O2S/c1-4(7(11)12)13-6-5(8)9-2-3-10-6/h2-4H,1H3,(H2,8,9)(H,11,12). The molecule has 0 saturated carbocycles. The maximum Gasteiger partial charge on any atom is 0.316 e. The van der Waals surface area contributed by atoms with Gasteiger partial charge in [-0.2, -0.15) is 0 Å². The van der Waals surface area contributed by atoms with Crippen molar-refractivity contribution in [2.24, 2.45) is 0 Å². The van der Waals surface area contributed by atoms with E-state index in [1.807, 2.05) is 0 Å². The first-order valence-corrected chi connectivity index (χ1v) is 4.45. The third kappa shape index (κ3) is 2.59. The predicted octanol–water partition coefficient (Wildman–Crippen LogP) is 0.624. The molecule has 0 aliphatic heterocycles. The molecule has 0 amide bonds. The molecule has 1 heterocycles. The number of rotatable bonds is 3. The van der Waals surface area contributed by atoms with E-state index in [1.54, 1.807) is 6.92 Å². The Morgan fingerprint density at radius 3 is 2.77 bits per heavy atom. The number of aliphatic carboxylic acids is 1. The Labute approximate surface area is 79.4 Å². The Kier molecular flexibility index (Phi) is 3.07. The van der Waals surface area contributed by atoms with Gasteiger partial charge in [0, 0.05) is 12.4 Å². The van der Waals surface area contributed by atoms with Gasteiger partial charge in [-0.1, -0.05) is 11.8 Å². The van der Waals surface area contributed by atoms with E-state index >= 15 is 0 Å². The zero-order valence-corrected chi connectivity index (χ0v) is 7.78. The zero-order valence-electron chi connectivity index (χ0n) is 6.97. The molecule has 1 rings (SSSR count). The second-order valence-corrected chi connectivity index (χ2v) is 3.67. The van der Waals surface area contributed by atoms with E-state index in [4.69, 9.17) is 10.8 Å². The summed E-state index contributed by atoms with van der Waals surface area (Å²) in [4.78, 5) is 18.2. The van der Waals surface area contributed by atoms with E-state index in [-0.39, 0.29) is 5.82 Å². The largest absolute Gasteiger partial charge is 0.480 e. The van der Waals surface area contributed by atoms with Gasteiger partial charge in [0.1, 0.15) is 10.3 Å². The van der Waals surface area contributed by atoms with Crippen LogP contribution in [0.2, 0.25) is 0 Å². The van der Waals surface area contributed by atoms with E-state index in [9.17, 15) is 4.79 Å². The third-order valence-electron chi connectivity index (χ3n) is 1.33. The van der Waals surface area contributed by atoms with Gasteiger partial charge >= 0.3 is 5.97 Å². The molecule has 0 fully saturated rings.